The molecule has 0 aromatic rings. The van der Waals surface area contributed by atoms with Crippen LogP contribution in [0.3, 0.4) is 0 Å². The van der Waals surface area contributed by atoms with E-state index in [1.807, 2.05) is 0 Å². The molecule has 2 bridgehead atoms. The topological polar surface area (TPSA) is 38.8 Å². The zero-order valence-electron chi connectivity index (χ0n) is 11.9. The molecule has 2 aliphatic rings. The van der Waals surface area contributed by atoms with E-state index in [0.29, 0.717) is 24.1 Å². The molecule has 4 nitrogen and oxygen atoms in total. The third kappa shape index (κ3) is 3.04. The van der Waals surface area contributed by atoms with Gasteiger partial charge in [0.05, 0.1) is 6.10 Å². The first-order valence-corrected chi connectivity index (χ1v) is 6.98. The van der Waals surface area contributed by atoms with Crippen molar-refractivity contribution in [1.82, 2.24) is 4.90 Å². The molecule has 0 aromatic carbocycles. The molecule has 2 saturated heterocycles. The molecular weight excluding hydrogens is 230 g/mol. The van der Waals surface area contributed by atoms with E-state index in [9.17, 15) is 4.79 Å². The van der Waals surface area contributed by atoms with Crippen LogP contribution >= 0.6 is 0 Å². The average Bonchev–Trinajstić information content (AvgIpc) is 2.48. The lowest BCUT2D eigenvalue weighted by molar-refractivity contribution is -0.148. The Kier molecular flexibility index (Phi) is 4.28. The molecule has 0 amide bonds. The number of likely N-dealkylation sites (N-methyl/N-ethyl adjacent to an activating group) is 1. The summed E-state index contributed by atoms with van der Waals surface area (Å²) in [6.07, 6.45) is 3.40. The van der Waals surface area contributed by atoms with Gasteiger partial charge in [0.1, 0.15) is 6.10 Å². The zero-order valence-corrected chi connectivity index (χ0v) is 11.9. The molecule has 0 aromatic heterocycles. The van der Waals surface area contributed by atoms with Crippen molar-refractivity contribution in [2.24, 2.45) is 5.92 Å². The van der Waals surface area contributed by atoms with Crippen molar-refractivity contribution in [3.8, 4) is 0 Å². The van der Waals surface area contributed by atoms with E-state index in [2.05, 4.69) is 25.8 Å². The molecule has 104 valence electrons. The highest BCUT2D eigenvalue weighted by Crippen LogP contribution is 2.37. The number of rotatable bonds is 4. The molecule has 0 N–H and O–H groups in total. The van der Waals surface area contributed by atoms with Crippen LogP contribution in [0.25, 0.3) is 0 Å². The van der Waals surface area contributed by atoms with Gasteiger partial charge in [-0.3, -0.25) is 9.69 Å². The van der Waals surface area contributed by atoms with Gasteiger partial charge in [-0.25, -0.2) is 0 Å². The van der Waals surface area contributed by atoms with E-state index in [0.717, 1.165) is 25.9 Å². The largest absolute Gasteiger partial charge is 0.461 e. The third-order valence-electron chi connectivity index (χ3n) is 4.05. The van der Waals surface area contributed by atoms with Crippen molar-refractivity contribution in [1.29, 1.82) is 0 Å². The quantitative estimate of drug-likeness (QED) is 0.718. The second-order valence-corrected chi connectivity index (χ2v) is 6.09. The van der Waals surface area contributed by atoms with Crippen LogP contribution in [-0.2, 0) is 14.3 Å². The third-order valence-corrected chi connectivity index (χ3v) is 4.05. The molecule has 0 spiro atoms. The van der Waals surface area contributed by atoms with Crippen molar-refractivity contribution >= 4 is 5.97 Å². The van der Waals surface area contributed by atoms with Gasteiger partial charge in [-0.05, 0) is 25.8 Å². The number of fused-ring (bicyclic) bond motifs is 2. The Hall–Kier alpha value is -0.610. The first kappa shape index (κ1) is 13.8. The summed E-state index contributed by atoms with van der Waals surface area (Å²) in [6.45, 7) is 6.66. The van der Waals surface area contributed by atoms with Crippen LogP contribution in [0.5, 0.6) is 0 Å². The minimum absolute atomic E-state index is 0.0603. The van der Waals surface area contributed by atoms with Crippen molar-refractivity contribution in [3.05, 3.63) is 0 Å². The molecular formula is C14H25NO3. The Morgan fingerprint density at radius 1 is 1.33 bits per heavy atom. The number of carbonyl (C=O) groups excluding carboxylic acids is 1. The maximum Gasteiger partial charge on any atom is 0.302 e. The van der Waals surface area contributed by atoms with E-state index in [-0.39, 0.29) is 12.1 Å². The van der Waals surface area contributed by atoms with Gasteiger partial charge in [-0.1, -0.05) is 13.8 Å². The molecule has 2 fully saturated rings. The zero-order chi connectivity index (χ0) is 13.3. The number of hydrogen-bond donors (Lipinski definition) is 0. The van der Waals surface area contributed by atoms with Crippen LogP contribution in [-0.4, -0.2) is 48.8 Å². The van der Waals surface area contributed by atoms with Crippen molar-refractivity contribution in [2.75, 3.05) is 13.7 Å². The van der Waals surface area contributed by atoms with E-state index >= 15 is 0 Å². The lowest BCUT2D eigenvalue weighted by Gasteiger charge is -2.36. The van der Waals surface area contributed by atoms with Gasteiger partial charge in [0.15, 0.2) is 0 Å². The highest BCUT2D eigenvalue weighted by atomic mass is 16.5. The molecule has 4 heteroatoms. The van der Waals surface area contributed by atoms with Gasteiger partial charge >= 0.3 is 5.97 Å². The predicted molar refractivity (Wildman–Crippen MR) is 69.3 cm³/mol. The van der Waals surface area contributed by atoms with Crippen molar-refractivity contribution in [3.63, 3.8) is 0 Å². The van der Waals surface area contributed by atoms with Gasteiger partial charge in [0, 0.05) is 32.0 Å². The number of carbonyl (C=O) groups is 1. The van der Waals surface area contributed by atoms with Gasteiger partial charge in [-0.15, -0.1) is 0 Å². The van der Waals surface area contributed by atoms with Crippen LogP contribution < -0.4 is 0 Å². The second-order valence-electron chi connectivity index (χ2n) is 6.09. The minimum Gasteiger partial charge on any atom is -0.461 e. The molecule has 0 unspecified atom stereocenters. The maximum atomic E-state index is 11.1. The summed E-state index contributed by atoms with van der Waals surface area (Å²) in [4.78, 5) is 13.5. The van der Waals surface area contributed by atoms with Gasteiger partial charge in [-0.2, -0.15) is 0 Å². The first-order valence-electron chi connectivity index (χ1n) is 6.98. The van der Waals surface area contributed by atoms with Gasteiger partial charge in [0.2, 0.25) is 0 Å². The van der Waals surface area contributed by atoms with E-state index in [1.165, 1.54) is 6.92 Å². The highest BCUT2D eigenvalue weighted by Gasteiger charge is 2.46. The monoisotopic (exact) mass is 255 g/mol. The van der Waals surface area contributed by atoms with Crippen LogP contribution in [0.4, 0.5) is 0 Å². The molecule has 0 aliphatic carbocycles. The predicted octanol–water partition coefficient (Wildman–Crippen LogP) is 1.83. The fourth-order valence-electron chi connectivity index (χ4n) is 3.18. The van der Waals surface area contributed by atoms with E-state index < -0.39 is 0 Å². The molecule has 2 rings (SSSR count). The highest BCUT2D eigenvalue weighted by molar-refractivity contribution is 5.66. The van der Waals surface area contributed by atoms with Crippen molar-refractivity contribution < 1.29 is 14.3 Å². The summed E-state index contributed by atoms with van der Waals surface area (Å²) in [5, 5.41) is 0. The SMILES string of the molecule is CC(=O)O[C@H]1C[C@@H]2C[C@H](OCC(C)C)C[C@H]1N2C. The first-order chi connectivity index (χ1) is 8.47. The second kappa shape index (κ2) is 5.57. The van der Waals surface area contributed by atoms with Gasteiger partial charge in [0.25, 0.3) is 0 Å². The Morgan fingerprint density at radius 2 is 2.06 bits per heavy atom. The fourth-order valence-corrected chi connectivity index (χ4v) is 3.18. The molecule has 2 aliphatic heterocycles. The molecule has 4 atom stereocenters. The van der Waals surface area contributed by atoms with Crippen LogP contribution in [0.1, 0.15) is 40.0 Å². The smallest absolute Gasteiger partial charge is 0.302 e. The normalized spacial score (nSPS) is 36.1. The Morgan fingerprint density at radius 3 is 2.67 bits per heavy atom. The summed E-state index contributed by atoms with van der Waals surface area (Å²) in [5.74, 6) is 0.409. The summed E-state index contributed by atoms with van der Waals surface area (Å²) in [7, 11) is 2.14. The molecule has 0 radical (unpaired) electrons. The Balaban J connectivity index is 1.92. The number of esters is 1. The number of nitrogens with zero attached hydrogens (tertiary/aromatic N) is 1. The van der Waals surface area contributed by atoms with Crippen molar-refractivity contribution in [2.45, 2.75) is 64.3 Å². The van der Waals surface area contributed by atoms with Crippen LogP contribution in [0.15, 0.2) is 0 Å². The van der Waals surface area contributed by atoms with E-state index in [4.69, 9.17) is 9.47 Å². The van der Waals surface area contributed by atoms with Crippen LogP contribution in [0, 0.1) is 5.92 Å². The lowest BCUT2D eigenvalue weighted by Crippen LogP contribution is -2.45. The number of piperidine rings is 1. The summed E-state index contributed by atoms with van der Waals surface area (Å²) < 4.78 is 11.4. The maximum absolute atomic E-state index is 11.1. The lowest BCUT2D eigenvalue weighted by atomic mass is 10.00. The summed E-state index contributed by atoms with van der Waals surface area (Å²) >= 11 is 0. The van der Waals surface area contributed by atoms with Crippen LogP contribution in [0.2, 0.25) is 0 Å². The number of hydrogen-bond acceptors (Lipinski definition) is 4. The standard InChI is InChI=1S/C14H25NO3/c1-9(2)8-17-12-5-11-6-14(18-10(3)16)13(7-12)15(11)4/h9,11-14H,5-8H2,1-4H3/t11-,12-,13+,14-/m0/s1. The molecule has 0 saturated carbocycles. The average molecular weight is 255 g/mol. The summed E-state index contributed by atoms with van der Waals surface area (Å²) in [6, 6.07) is 0.843. The van der Waals surface area contributed by atoms with Gasteiger partial charge < -0.3 is 9.47 Å². The minimum atomic E-state index is -0.166. The Labute approximate surface area is 110 Å². The number of ether oxygens (including phenoxy) is 2. The fraction of sp³-hybridized carbons (Fsp3) is 0.929. The molecule has 2 heterocycles. The summed E-state index contributed by atoms with van der Waals surface area (Å²) in [5.41, 5.74) is 0. The Bertz CT molecular complexity index is 305. The van der Waals surface area contributed by atoms with E-state index in [1.54, 1.807) is 0 Å². The molecule has 18 heavy (non-hydrogen) atoms.